The average Bonchev–Trinajstić information content (AvgIpc) is 2.93. The number of methoxy groups -OCH3 is 1. The number of hydrogen-bond acceptors (Lipinski definition) is 3. The summed E-state index contributed by atoms with van der Waals surface area (Å²) in [6.07, 6.45) is 0.696. The number of ether oxygens (including phenoxy) is 1. The Balaban J connectivity index is 1.57. The van der Waals surface area contributed by atoms with Crippen molar-refractivity contribution in [2.45, 2.75) is 19.4 Å². The first kappa shape index (κ1) is 23.3. The van der Waals surface area contributed by atoms with Crippen LogP contribution >= 0.6 is 0 Å². The highest BCUT2D eigenvalue weighted by atomic mass is 16.5. The molecule has 1 heterocycles. The third-order valence-electron chi connectivity index (χ3n) is 6.36. The maximum atomic E-state index is 13.9. The minimum absolute atomic E-state index is 0.123. The van der Waals surface area contributed by atoms with Crippen molar-refractivity contribution in [2.24, 2.45) is 0 Å². The highest BCUT2D eigenvalue weighted by Gasteiger charge is 2.20. The molecule has 0 radical (unpaired) electrons. The number of aromatic nitrogens is 1. The maximum absolute atomic E-state index is 13.9. The zero-order valence-corrected chi connectivity index (χ0v) is 20.4. The standard InChI is InChI=1S/C32H28N2O2/c1-22-16-17-29-27(18-22)28(21-31(33-29)25-14-9-15-26(20-25)36-2)32(35)34-30(24-12-7-4-8-13-24)19-23-10-5-3-6-11-23/h3-18,20-21,30H,19H2,1-2H3,(H,34,35)/t30-/m0/s1. The van der Waals surface area contributed by atoms with E-state index in [2.05, 4.69) is 29.6 Å². The number of carbonyl (C=O) groups excluding carboxylic acids is 1. The molecule has 4 aromatic carbocycles. The van der Waals surface area contributed by atoms with Crippen LogP contribution < -0.4 is 10.1 Å². The predicted octanol–water partition coefficient (Wildman–Crippen LogP) is 6.93. The molecule has 0 saturated carbocycles. The van der Waals surface area contributed by atoms with Crippen LogP contribution in [0.1, 0.15) is 33.1 Å². The first-order valence-electron chi connectivity index (χ1n) is 12.1. The van der Waals surface area contributed by atoms with Gasteiger partial charge in [-0.05, 0) is 54.8 Å². The molecule has 0 saturated heterocycles. The van der Waals surface area contributed by atoms with Gasteiger partial charge in [-0.2, -0.15) is 0 Å². The topological polar surface area (TPSA) is 51.2 Å². The van der Waals surface area contributed by atoms with Crippen LogP contribution in [0.5, 0.6) is 5.75 Å². The van der Waals surface area contributed by atoms with E-state index in [9.17, 15) is 4.79 Å². The normalized spacial score (nSPS) is 11.7. The Morgan fingerprint density at radius 2 is 1.61 bits per heavy atom. The van der Waals surface area contributed by atoms with Crippen molar-refractivity contribution in [3.63, 3.8) is 0 Å². The number of pyridine rings is 1. The van der Waals surface area contributed by atoms with E-state index in [1.54, 1.807) is 7.11 Å². The van der Waals surface area contributed by atoms with Crippen LogP contribution in [0.3, 0.4) is 0 Å². The number of benzene rings is 4. The number of hydrogen-bond donors (Lipinski definition) is 1. The summed E-state index contributed by atoms with van der Waals surface area (Å²) in [6.45, 7) is 2.03. The van der Waals surface area contributed by atoms with Gasteiger partial charge >= 0.3 is 0 Å². The van der Waals surface area contributed by atoms with Crippen molar-refractivity contribution in [3.05, 3.63) is 131 Å². The first-order valence-corrected chi connectivity index (χ1v) is 12.1. The molecule has 0 aliphatic heterocycles. The van der Waals surface area contributed by atoms with Gasteiger partial charge in [0.1, 0.15) is 5.75 Å². The SMILES string of the molecule is COc1cccc(-c2cc(C(=O)N[C@@H](Cc3ccccc3)c3ccccc3)c3cc(C)ccc3n2)c1. The predicted molar refractivity (Wildman–Crippen MR) is 145 cm³/mol. The van der Waals surface area contributed by atoms with Crippen molar-refractivity contribution in [1.82, 2.24) is 10.3 Å². The summed E-state index contributed by atoms with van der Waals surface area (Å²) in [5, 5.41) is 4.16. The lowest BCUT2D eigenvalue weighted by Crippen LogP contribution is -2.30. The lowest BCUT2D eigenvalue weighted by atomic mass is 9.97. The highest BCUT2D eigenvalue weighted by Crippen LogP contribution is 2.29. The average molecular weight is 473 g/mol. The zero-order chi connectivity index (χ0) is 24.9. The molecule has 0 aliphatic carbocycles. The van der Waals surface area contributed by atoms with E-state index in [0.717, 1.165) is 39.0 Å². The number of fused-ring (bicyclic) bond motifs is 1. The molecule has 1 aromatic heterocycles. The minimum atomic E-state index is -0.172. The molecule has 5 rings (SSSR count). The van der Waals surface area contributed by atoms with Crippen molar-refractivity contribution in [3.8, 4) is 17.0 Å². The van der Waals surface area contributed by atoms with Crippen LogP contribution in [0.15, 0.2) is 109 Å². The molecule has 1 atom stereocenters. The smallest absolute Gasteiger partial charge is 0.252 e. The minimum Gasteiger partial charge on any atom is -0.497 e. The molecular formula is C32H28N2O2. The third kappa shape index (κ3) is 5.13. The lowest BCUT2D eigenvalue weighted by molar-refractivity contribution is 0.0938. The van der Waals surface area contributed by atoms with Gasteiger partial charge in [0.05, 0.1) is 29.9 Å². The molecule has 0 unspecified atom stereocenters. The number of carbonyl (C=O) groups is 1. The lowest BCUT2D eigenvalue weighted by Gasteiger charge is -2.20. The Kier molecular flexibility index (Phi) is 6.76. The molecule has 0 fully saturated rings. The summed E-state index contributed by atoms with van der Waals surface area (Å²) in [5.74, 6) is 0.623. The second-order valence-corrected chi connectivity index (χ2v) is 8.93. The molecule has 36 heavy (non-hydrogen) atoms. The van der Waals surface area contributed by atoms with E-state index in [1.807, 2.05) is 91.9 Å². The Morgan fingerprint density at radius 3 is 2.36 bits per heavy atom. The zero-order valence-electron chi connectivity index (χ0n) is 20.4. The van der Waals surface area contributed by atoms with Gasteiger partial charge in [0.15, 0.2) is 0 Å². The monoisotopic (exact) mass is 472 g/mol. The molecule has 0 bridgehead atoms. The van der Waals surface area contributed by atoms with Gasteiger partial charge in [-0.25, -0.2) is 4.98 Å². The Bertz CT molecular complexity index is 1500. The molecule has 0 spiro atoms. The third-order valence-corrected chi connectivity index (χ3v) is 6.36. The highest BCUT2D eigenvalue weighted by molar-refractivity contribution is 6.07. The van der Waals surface area contributed by atoms with Crippen molar-refractivity contribution in [2.75, 3.05) is 7.11 Å². The molecular weight excluding hydrogens is 444 g/mol. The van der Waals surface area contributed by atoms with E-state index in [-0.39, 0.29) is 11.9 Å². The summed E-state index contributed by atoms with van der Waals surface area (Å²) in [6, 6.07) is 35.9. The number of rotatable bonds is 7. The van der Waals surface area contributed by atoms with Gasteiger partial charge in [-0.15, -0.1) is 0 Å². The first-order chi connectivity index (χ1) is 17.6. The number of nitrogens with one attached hydrogen (secondary N) is 1. The Hall–Kier alpha value is -4.44. The van der Waals surface area contributed by atoms with E-state index in [1.165, 1.54) is 5.56 Å². The summed E-state index contributed by atoms with van der Waals surface area (Å²) in [4.78, 5) is 18.8. The molecule has 4 heteroatoms. The fraction of sp³-hybridized carbons (Fsp3) is 0.125. The van der Waals surface area contributed by atoms with Crippen molar-refractivity contribution in [1.29, 1.82) is 0 Å². The van der Waals surface area contributed by atoms with Gasteiger partial charge < -0.3 is 10.1 Å². The van der Waals surface area contributed by atoms with Gasteiger partial charge in [-0.1, -0.05) is 84.4 Å². The molecule has 1 amide bonds. The number of nitrogens with zero attached hydrogens (tertiary/aromatic N) is 1. The quantitative estimate of drug-likeness (QED) is 0.279. The van der Waals surface area contributed by atoms with Gasteiger partial charge in [-0.3, -0.25) is 4.79 Å². The molecule has 5 aromatic rings. The van der Waals surface area contributed by atoms with E-state index >= 15 is 0 Å². The van der Waals surface area contributed by atoms with Crippen molar-refractivity contribution < 1.29 is 9.53 Å². The fourth-order valence-electron chi connectivity index (χ4n) is 4.48. The van der Waals surface area contributed by atoms with Crippen LogP contribution in [0.25, 0.3) is 22.2 Å². The Labute approximate surface area is 211 Å². The van der Waals surface area contributed by atoms with E-state index < -0.39 is 0 Å². The molecule has 1 N–H and O–H groups in total. The summed E-state index contributed by atoms with van der Waals surface area (Å²) in [5.41, 5.74) is 6.33. The van der Waals surface area contributed by atoms with Gasteiger partial charge in [0.2, 0.25) is 0 Å². The van der Waals surface area contributed by atoms with Crippen LogP contribution in [-0.4, -0.2) is 18.0 Å². The molecule has 178 valence electrons. The molecule has 0 aliphatic rings. The van der Waals surface area contributed by atoms with Gasteiger partial charge in [0.25, 0.3) is 5.91 Å². The van der Waals surface area contributed by atoms with Crippen LogP contribution in [0, 0.1) is 6.92 Å². The van der Waals surface area contributed by atoms with E-state index in [0.29, 0.717) is 12.0 Å². The summed E-state index contributed by atoms with van der Waals surface area (Å²) in [7, 11) is 1.64. The summed E-state index contributed by atoms with van der Waals surface area (Å²) < 4.78 is 5.41. The molecule has 4 nitrogen and oxygen atoms in total. The summed E-state index contributed by atoms with van der Waals surface area (Å²) >= 11 is 0. The Morgan fingerprint density at radius 1 is 0.861 bits per heavy atom. The van der Waals surface area contributed by atoms with Crippen LogP contribution in [0.2, 0.25) is 0 Å². The van der Waals surface area contributed by atoms with Gasteiger partial charge in [0, 0.05) is 10.9 Å². The number of amides is 1. The largest absolute Gasteiger partial charge is 0.497 e. The number of aryl methyl sites for hydroxylation is 1. The van der Waals surface area contributed by atoms with Crippen LogP contribution in [-0.2, 0) is 6.42 Å². The fourth-order valence-corrected chi connectivity index (χ4v) is 4.48. The van der Waals surface area contributed by atoms with Crippen molar-refractivity contribution >= 4 is 16.8 Å². The van der Waals surface area contributed by atoms with E-state index in [4.69, 9.17) is 9.72 Å². The second-order valence-electron chi connectivity index (χ2n) is 8.93. The van der Waals surface area contributed by atoms with Crippen LogP contribution in [0.4, 0.5) is 0 Å². The second kappa shape index (κ2) is 10.4. The maximum Gasteiger partial charge on any atom is 0.252 e.